The van der Waals surface area contributed by atoms with Crippen molar-refractivity contribution in [2.75, 3.05) is 13.7 Å². The summed E-state index contributed by atoms with van der Waals surface area (Å²) in [5.41, 5.74) is 3.03. The molecule has 0 saturated heterocycles. The van der Waals surface area contributed by atoms with Crippen molar-refractivity contribution in [1.29, 1.82) is 0 Å². The van der Waals surface area contributed by atoms with Crippen molar-refractivity contribution in [2.45, 2.75) is 51.4 Å². The van der Waals surface area contributed by atoms with Gasteiger partial charge in [0, 0.05) is 5.56 Å². The van der Waals surface area contributed by atoms with Crippen LogP contribution < -0.4 is 9.47 Å². The van der Waals surface area contributed by atoms with Crippen molar-refractivity contribution in [1.82, 2.24) is 4.98 Å². The Bertz CT molecular complexity index is 1350. The average Bonchev–Trinajstić information content (AvgIpc) is 2.96. The molecule has 0 aliphatic carbocycles. The second-order valence-corrected chi connectivity index (χ2v) is 9.28. The van der Waals surface area contributed by atoms with Gasteiger partial charge in [0.25, 0.3) is 0 Å². The van der Waals surface area contributed by atoms with Gasteiger partial charge in [0.1, 0.15) is 22.9 Å². The number of methoxy groups -OCH3 is 1. The second-order valence-electron chi connectivity index (χ2n) is 9.28. The standard InChI is InChI=1S/C33H35NO6/c1-39-29-20-16-25(17-21-29)10-6-4-2-3-5-7-23-40-31-22-19-28(34-30(31)13-9-14-32(35)36)18-15-26-11-8-12-27(24-26)33(37)38/h8-9,11-13,16-17,19-22,24H,2-7,10,14,23H2,1H3,(H,35,36)(H,37,38). The van der Waals surface area contributed by atoms with Gasteiger partial charge in [-0.15, -0.1) is 0 Å². The summed E-state index contributed by atoms with van der Waals surface area (Å²) < 4.78 is 11.2. The zero-order valence-electron chi connectivity index (χ0n) is 22.8. The lowest BCUT2D eigenvalue weighted by molar-refractivity contribution is -0.135. The molecule has 0 atom stereocenters. The molecule has 0 unspecified atom stereocenters. The maximum Gasteiger partial charge on any atom is 0.335 e. The van der Waals surface area contributed by atoms with Crippen LogP contribution in [0.2, 0.25) is 0 Å². The molecule has 0 aliphatic heterocycles. The smallest absolute Gasteiger partial charge is 0.335 e. The monoisotopic (exact) mass is 541 g/mol. The van der Waals surface area contributed by atoms with E-state index in [9.17, 15) is 9.59 Å². The molecule has 2 aromatic carbocycles. The molecule has 2 N–H and O–H groups in total. The van der Waals surface area contributed by atoms with Crippen molar-refractivity contribution >= 4 is 18.0 Å². The predicted octanol–water partition coefficient (Wildman–Crippen LogP) is 6.64. The van der Waals surface area contributed by atoms with E-state index in [4.69, 9.17) is 19.7 Å². The zero-order valence-corrected chi connectivity index (χ0v) is 22.8. The Morgan fingerprint density at radius 1 is 0.900 bits per heavy atom. The van der Waals surface area contributed by atoms with Crippen molar-refractivity contribution in [3.8, 4) is 23.3 Å². The minimum absolute atomic E-state index is 0.128. The highest BCUT2D eigenvalue weighted by molar-refractivity contribution is 5.88. The molecule has 0 spiro atoms. The van der Waals surface area contributed by atoms with E-state index < -0.39 is 11.9 Å². The highest BCUT2D eigenvalue weighted by atomic mass is 16.5. The first-order valence-electron chi connectivity index (χ1n) is 13.4. The molecule has 7 heteroatoms. The van der Waals surface area contributed by atoms with Crippen LogP contribution in [0.4, 0.5) is 0 Å². The van der Waals surface area contributed by atoms with Gasteiger partial charge in [-0.25, -0.2) is 9.78 Å². The first-order valence-corrected chi connectivity index (χ1v) is 13.4. The lowest BCUT2D eigenvalue weighted by atomic mass is 10.0. The third-order valence-electron chi connectivity index (χ3n) is 6.17. The van der Waals surface area contributed by atoms with Crippen LogP contribution in [0.3, 0.4) is 0 Å². The number of aromatic carboxylic acids is 1. The first-order chi connectivity index (χ1) is 19.4. The van der Waals surface area contributed by atoms with Gasteiger partial charge in [0.15, 0.2) is 0 Å². The van der Waals surface area contributed by atoms with Crippen molar-refractivity contribution in [2.24, 2.45) is 0 Å². The second kappa shape index (κ2) is 16.4. The molecule has 208 valence electrons. The number of aromatic nitrogens is 1. The molecule has 0 fully saturated rings. The SMILES string of the molecule is COc1ccc(CCCCCCCCOc2ccc(C#Cc3cccc(C(=O)O)c3)nc2C=CCC(=O)O)cc1. The number of nitrogens with zero attached hydrogens (tertiary/aromatic N) is 1. The maximum atomic E-state index is 11.2. The molecular weight excluding hydrogens is 506 g/mol. The summed E-state index contributed by atoms with van der Waals surface area (Å²) in [6, 6.07) is 18.1. The molecule has 0 amide bonds. The van der Waals surface area contributed by atoms with E-state index in [1.165, 1.54) is 43.0 Å². The van der Waals surface area contributed by atoms with E-state index >= 15 is 0 Å². The van der Waals surface area contributed by atoms with Gasteiger partial charge in [-0.05, 0) is 79.3 Å². The van der Waals surface area contributed by atoms with Gasteiger partial charge in [-0.3, -0.25) is 4.79 Å². The van der Waals surface area contributed by atoms with E-state index in [0.29, 0.717) is 29.3 Å². The number of benzene rings is 2. The fourth-order valence-electron chi connectivity index (χ4n) is 4.02. The summed E-state index contributed by atoms with van der Waals surface area (Å²) in [6.07, 6.45) is 10.8. The van der Waals surface area contributed by atoms with E-state index in [-0.39, 0.29) is 12.0 Å². The summed E-state index contributed by atoms with van der Waals surface area (Å²) >= 11 is 0. The number of hydrogen-bond acceptors (Lipinski definition) is 5. The molecule has 0 aliphatic rings. The van der Waals surface area contributed by atoms with Gasteiger partial charge in [-0.2, -0.15) is 0 Å². The maximum absolute atomic E-state index is 11.2. The van der Waals surface area contributed by atoms with E-state index in [1.807, 2.05) is 12.1 Å². The number of carboxylic acids is 2. The Kier molecular flexibility index (Phi) is 12.3. The van der Waals surface area contributed by atoms with E-state index in [2.05, 4.69) is 29.0 Å². The van der Waals surface area contributed by atoms with Crippen LogP contribution in [0.5, 0.6) is 11.5 Å². The largest absolute Gasteiger partial charge is 0.497 e. The zero-order chi connectivity index (χ0) is 28.6. The first kappa shape index (κ1) is 30.0. The summed E-state index contributed by atoms with van der Waals surface area (Å²) in [5.74, 6) is 5.38. The molecule has 40 heavy (non-hydrogen) atoms. The predicted molar refractivity (Wildman–Crippen MR) is 155 cm³/mol. The summed E-state index contributed by atoms with van der Waals surface area (Å²) in [7, 11) is 1.68. The van der Waals surface area contributed by atoms with Crippen LogP contribution in [-0.4, -0.2) is 40.9 Å². The molecule has 7 nitrogen and oxygen atoms in total. The minimum atomic E-state index is -1.01. The average molecular weight is 542 g/mol. The number of rotatable bonds is 15. The molecule has 0 saturated carbocycles. The number of unbranched alkanes of at least 4 members (excludes halogenated alkanes) is 5. The number of aliphatic carboxylic acids is 1. The summed E-state index contributed by atoms with van der Waals surface area (Å²) in [5, 5.41) is 18.1. The number of hydrogen-bond donors (Lipinski definition) is 2. The van der Waals surface area contributed by atoms with Crippen LogP contribution >= 0.6 is 0 Å². The third-order valence-corrected chi connectivity index (χ3v) is 6.17. The van der Waals surface area contributed by atoms with Crippen molar-refractivity contribution in [3.05, 3.63) is 94.8 Å². The molecule has 3 rings (SSSR count). The highest BCUT2D eigenvalue weighted by Crippen LogP contribution is 2.20. The number of carboxylic acid groups (broad SMARTS) is 2. The topological polar surface area (TPSA) is 106 Å². The van der Waals surface area contributed by atoms with Gasteiger partial charge in [0.2, 0.25) is 0 Å². The van der Waals surface area contributed by atoms with Crippen LogP contribution in [0.15, 0.2) is 66.7 Å². The number of aryl methyl sites for hydroxylation is 1. The van der Waals surface area contributed by atoms with Crippen LogP contribution in [0.1, 0.15) is 77.8 Å². The lowest BCUT2D eigenvalue weighted by Gasteiger charge is -2.09. The van der Waals surface area contributed by atoms with Crippen LogP contribution in [0.25, 0.3) is 6.08 Å². The fourth-order valence-corrected chi connectivity index (χ4v) is 4.02. The van der Waals surface area contributed by atoms with Gasteiger partial charge in [-0.1, -0.05) is 55.9 Å². The molecule has 0 bridgehead atoms. The molecule has 1 aromatic heterocycles. The molecular formula is C33H35NO6. The molecule has 1 heterocycles. The Balaban J connectivity index is 1.47. The number of carbonyl (C=O) groups is 2. The van der Waals surface area contributed by atoms with Crippen LogP contribution in [0, 0.1) is 11.8 Å². The summed E-state index contributed by atoms with van der Waals surface area (Å²) in [6.45, 7) is 0.542. The highest BCUT2D eigenvalue weighted by Gasteiger charge is 2.06. The van der Waals surface area contributed by atoms with Crippen molar-refractivity contribution in [3.63, 3.8) is 0 Å². The van der Waals surface area contributed by atoms with E-state index in [1.54, 1.807) is 37.5 Å². The van der Waals surface area contributed by atoms with Crippen molar-refractivity contribution < 1.29 is 29.3 Å². The summed E-state index contributed by atoms with van der Waals surface area (Å²) in [4.78, 5) is 26.6. The fraction of sp³-hybridized carbons (Fsp3) is 0.303. The van der Waals surface area contributed by atoms with Gasteiger partial charge < -0.3 is 19.7 Å². The molecule has 0 radical (unpaired) electrons. The Labute approximate surface area is 235 Å². The number of pyridine rings is 1. The third kappa shape index (κ3) is 10.7. The Morgan fingerprint density at radius 2 is 1.65 bits per heavy atom. The Hall–Kier alpha value is -4.57. The lowest BCUT2D eigenvalue weighted by Crippen LogP contribution is -2.01. The Morgan fingerprint density at radius 3 is 2.38 bits per heavy atom. The molecule has 3 aromatic rings. The number of ether oxygens (including phenoxy) is 2. The normalized spacial score (nSPS) is 10.6. The van der Waals surface area contributed by atoms with Gasteiger partial charge >= 0.3 is 11.9 Å². The van der Waals surface area contributed by atoms with Gasteiger partial charge in [0.05, 0.1) is 25.7 Å². The van der Waals surface area contributed by atoms with E-state index in [0.717, 1.165) is 31.4 Å². The quantitative estimate of drug-likeness (QED) is 0.164. The van der Waals surface area contributed by atoms with Crippen LogP contribution in [-0.2, 0) is 11.2 Å². The minimum Gasteiger partial charge on any atom is -0.497 e.